The molecule has 1 saturated carbocycles. The summed E-state index contributed by atoms with van der Waals surface area (Å²) in [5, 5.41) is 9.82. The lowest BCUT2D eigenvalue weighted by molar-refractivity contribution is -0.187. The van der Waals surface area contributed by atoms with Crippen LogP contribution in [0.1, 0.15) is 41.6 Å². The number of carbonyl (C=O) groups is 1. The maximum Gasteiger partial charge on any atom is 0.337 e. The Labute approximate surface area is 170 Å². The van der Waals surface area contributed by atoms with E-state index in [0.29, 0.717) is 51.4 Å². The van der Waals surface area contributed by atoms with Crippen LogP contribution in [0.5, 0.6) is 11.5 Å². The first-order chi connectivity index (χ1) is 12.4. The van der Waals surface area contributed by atoms with Gasteiger partial charge >= 0.3 is 5.97 Å². The van der Waals surface area contributed by atoms with Gasteiger partial charge in [-0.05, 0) is 48.3 Å². The number of carboxylic acids is 1. The molecule has 26 heavy (non-hydrogen) atoms. The smallest absolute Gasteiger partial charge is 0.337 e. The highest BCUT2D eigenvalue weighted by atomic mass is 127. The standard InChI is InChI=1S/C18H20ClIO6/c1-9-12(17(21)22)14(20)13(19)16-15(9)26-11(8-23-16)10-2-4-18(5-3-10)24-6-7-25-18/h10-11H,2-8H2,1H3,(H,21,22)/t11-/m1/s1. The molecule has 2 fully saturated rings. The van der Waals surface area contributed by atoms with E-state index in [0.717, 1.165) is 25.7 Å². The number of rotatable bonds is 2. The molecule has 0 radical (unpaired) electrons. The van der Waals surface area contributed by atoms with Crippen LogP contribution in [0.25, 0.3) is 0 Å². The third-order valence-electron chi connectivity index (χ3n) is 5.54. The van der Waals surface area contributed by atoms with Gasteiger partial charge in [-0.15, -0.1) is 0 Å². The topological polar surface area (TPSA) is 74.2 Å². The third kappa shape index (κ3) is 3.06. The van der Waals surface area contributed by atoms with Gasteiger partial charge in [0.15, 0.2) is 17.3 Å². The van der Waals surface area contributed by atoms with Crippen LogP contribution >= 0.6 is 34.2 Å². The molecule has 0 unspecified atom stereocenters. The van der Waals surface area contributed by atoms with Crippen LogP contribution in [0.2, 0.25) is 5.02 Å². The van der Waals surface area contributed by atoms with E-state index in [9.17, 15) is 9.90 Å². The summed E-state index contributed by atoms with van der Waals surface area (Å²) in [6, 6.07) is 0. The largest absolute Gasteiger partial charge is 0.484 e. The van der Waals surface area contributed by atoms with Crippen LogP contribution in [-0.4, -0.2) is 42.8 Å². The van der Waals surface area contributed by atoms with Gasteiger partial charge < -0.3 is 24.1 Å². The van der Waals surface area contributed by atoms with Crippen molar-refractivity contribution in [2.24, 2.45) is 5.92 Å². The van der Waals surface area contributed by atoms with E-state index in [2.05, 4.69) is 0 Å². The lowest BCUT2D eigenvalue weighted by Crippen LogP contribution is -2.43. The van der Waals surface area contributed by atoms with Crippen LogP contribution in [0.3, 0.4) is 0 Å². The van der Waals surface area contributed by atoms with Gasteiger partial charge in [-0.1, -0.05) is 11.6 Å². The third-order valence-corrected chi connectivity index (χ3v) is 7.30. The fourth-order valence-electron chi connectivity index (χ4n) is 4.10. The van der Waals surface area contributed by atoms with Gasteiger partial charge in [0.25, 0.3) is 0 Å². The molecular weight excluding hydrogens is 475 g/mol. The van der Waals surface area contributed by atoms with Crippen molar-refractivity contribution in [3.63, 3.8) is 0 Å². The number of fused-ring (bicyclic) bond motifs is 1. The van der Waals surface area contributed by atoms with E-state index in [4.69, 9.17) is 30.5 Å². The summed E-state index contributed by atoms with van der Waals surface area (Å²) in [6.45, 7) is 3.47. The van der Waals surface area contributed by atoms with Gasteiger partial charge in [-0.25, -0.2) is 4.79 Å². The van der Waals surface area contributed by atoms with E-state index in [1.165, 1.54) is 0 Å². The molecule has 2 heterocycles. The lowest BCUT2D eigenvalue weighted by Gasteiger charge is -2.40. The number of hydrogen-bond acceptors (Lipinski definition) is 5. The van der Waals surface area contributed by atoms with Crippen molar-refractivity contribution in [2.75, 3.05) is 19.8 Å². The second-order valence-corrected chi connectivity index (χ2v) is 8.46. The molecule has 2 aliphatic heterocycles. The monoisotopic (exact) mass is 494 g/mol. The van der Waals surface area contributed by atoms with Gasteiger partial charge in [0.1, 0.15) is 17.7 Å². The Balaban J connectivity index is 1.55. The highest BCUT2D eigenvalue weighted by molar-refractivity contribution is 14.1. The van der Waals surface area contributed by atoms with Gasteiger partial charge in [0.2, 0.25) is 0 Å². The van der Waals surface area contributed by atoms with Crippen LogP contribution in [0.15, 0.2) is 0 Å². The number of halogens is 2. The molecule has 1 saturated heterocycles. The molecule has 0 aromatic heterocycles. The lowest BCUT2D eigenvalue weighted by atomic mass is 9.81. The SMILES string of the molecule is Cc1c2c(c(Cl)c(I)c1C(=O)O)OC[C@H](C1CCC3(CC1)OCCO3)O2. The molecule has 142 valence electrons. The zero-order valence-corrected chi connectivity index (χ0v) is 17.3. The van der Waals surface area contributed by atoms with Crippen molar-refractivity contribution in [1.29, 1.82) is 0 Å². The van der Waals surface area contributed by atoms with Crippen LogP contribution in [0.4, 0.5) is 0 Å². The minimum Gasteiger partial charge on any atom is -0.484 e. The van der Waals surface area contributed by atoms with Crippen LogP contribution < -0.4 is 9.47 Å². The zero-order chi connectivity index (χ0) is 18.5. The Morgan fingerprint density at radius 3 is 2.50 bits per heavy atom. The van der Waals surface area contributed by atoms with Gasteiger partial charge in [-0.2, -0.15) is 0 Å². The van der Waals surface area contributed by atoms with E-state index in [1.807, 2.05) is 22.6 Å². The molecular formula is C18H20ClIO6. The highest BCUT2D eigenvalue weighted by Gasteiger charge is 2.44. The summed E-state index contributed by atoms with van der Waals surface area (Å²) < 4.78 is 24.2. The number of carboxylic acid groups (broad SMARTS) is 1. The Kier molecular flexibility index (Phi) is 5.00. The molecule has 8 heteroatoms. The summed E-state index contributed by atoms with van der Waals surface area (Å²) in [5.41, 5.74) is 0.731. The molecule has 1 N–H and O–H groups in total. The minimum atomic E-state index is -1.02. The van der Waals surface area contributed by atoms with Crippen molar-refractivity contribution >= 4 is 40.2 Å². The molecule has 0 amide bonds. The van der Waals surface area contributed by atoms with Crippen molar-refractivity contribution in [1.82, 2.24) is 0 Å². The van der Waals surface area contributed by atoms with E-state index in [-0.39, 0.29) is 11.7 Å². The van der Waals surface area contributed by atoms with E-state index >= 15 is 0 Å². The molecule has 1 aromatic carbocycles. The first-order valence-corrected chi connectivity index (χ1v) is 10.2. The Morgan fingerprint density at radius 2 is 1.88 bits per heavy atom. The molecule has 1 aromatic rings. The molecule has 1 aliphatic carbocycles. The summed E-state index contributed by atoms with van der Waals surface area (Å²) in [5.74, 6) is -0.206. The summed E-state index contributed by atoms with van der Waals surface area (Å²) in [7, 11) is 0. The summed E-state index contributed by atoms with van der Waals surface area (Å²) >= 11 is 8.28. The quantitative estimate of drug-likeness (QED) is 0.626. The first-order valence-electron chi connectivity index (χ1n) is 8.74. The molecule has 4 rings (SSSR count). The number of aromatic carboxylic acids is 1. The first kappa shape index (κ1) is 18.6. The molecule has 1 atom stereocenters. The predicted octanol–water partition coefficient (Wildman–Crippen LogP) is 4.02. The van der Waals surface area contributed by atoms with Crippen molar-refractivity contribution in [2.45, 2.75) is 44.5 Å². The molecule has 6 nitrogen and oxygen atoms in total. The molecule has 0 bridgehead atoms. The Hall–Kier alpha value is -0.770. The van der Waals surface area contributed by atoms with Crippen molar-refractivity contribution < 1.29 is 28.8 Å². The fraction of sp³-hybridized carbons (Fsp3) is 0.611. The zero-order valence-electron chi connectivity index (χ0n) is 14.3. The van der Waals surface area contributed by atoms with Crippen LogP contribution in [0, 0.1) is 16.4 Å². The van der Waals surface area contributed by atoms with E-state index < -0.39 is 11.8 Å². The fourth-order valence-corrected chi connectivity index (χ4v) is 5.22. The summed E-state index contributed by atoms with van der Waals surface area (Å²) in [4.78, 5) is 11.6. The van der Waals surface area contributed by atoms with Crippen LogP contribution in [-0.2, 0) is 9.47 Å². The van der Waals surface area contributed by atoms with Gasteiger partial charge in [-0.3, -0.25) is 0 Å². The molecule has 3 aliphatic rings. The average molecular weight is 495 g/mol. The normalized spacial score (nSPS) is 24.8. The average Bonchev–Trinajstić information content (AvgIpc) is 3.08. The highest BCUT2D eigenvalue weighted by Crippen LogP contribution is 2.48. The Bertz CT molecular complexity index is 736. The second-order valence-electron chi connectivity index (χ2n) is 7.00. The maximum atomic E-state index is 11.6. The summed E-state index contributed by atoms with van der Waals surface area (Å²) in [6.07, 6.45) is 3.41. The van der Waals surface area contributed by atoms with Gasteiger partial charge in [0, 0.05) is 18.4 Å². The minimum absolute atomic E-state index is 0.127. The predicted molar refractivity (Wildman–Crippen MR) is 102 cm³/mol. The molecule has 1 spiro atoms. The Morgan fingerprint density at radius 1 is 1.23 bits per heavy atom. The number of hydrogen-bond donors (Lipinski definition) is 1. The number of ether oxygens (including phenoxy) is 4. The van der Waals surface area contributed by atoms with Crippen molar-refractivity contribution in [3.05, 3.63) is 19.7 Å². The van der Waals surface area contributed by atoms with E-state index in [1.54, 1.807) is 6.92 Å². The van der Waals surface area contributed by atoms with Crippen molar-refractivity contribution in [3.8, 4) is 11.5 Å². The number of benzene rings is 1. The second kappa shape index (κ2) is 7.00. The maximum absolute atomic E-state index is 11.6. The van der Waals surface area contributed by atoms with Gasteiger partial charge in [0.05, 0.1) is 22.3 Å².